The first-order valence-corrected chi connectivity index (χ1v) is 16.7. The van der Waals surface area contributed by atoms with Gasteiger partial charge in [0.15, 0.2) is 0 Å². The summed E-state index contributed by atoms with van der Waals surface area (Å²) in [6, 6.07) is 11.2. The monoisotopic (exact) mass is 600 g/mol. The minimum Gasteiger partial charge on any atom is -0.491 e. The molecule has 0 radical (unpaired) electrons. The molecule has 3 aliphatic rings. The van der Waals surface area contributed by atoms with Crippen LogP contribution >= 0.6 is 11.6 Å². The minimum atomic E-state index is -3.89. The molecular weight excluding hydrogens is 560 g/mol. The molecule has 0 spiro atoms. The van der Waals surface area contributed by atoms with E-state index < -0.39 is 27.3 Å². The number of carbonyl (C=O) groups excluding carboxylic acids is 1. The normalized spacial score (nSPS) is 30.7. The van der Waals surface area contributed by atoms with Crippen molar-refractivity contribution in [3.05, 3.63) is 70.3 Å². The molecule has 0 aromatic heterocycles. The van der Waals surface area contributed by atoms with Gasteiger partial charge >= 0.3 is 0 Å². The second-order valence-electron chi connectivity index (χ2n) is 12.1. The summed E-state index contributed by atoms with van der Waals surface area (Å²) in [5.74, 6) is 0.421. The van der Waals surface area contributed by atoms with Crippen molar-refractivity contribution < 1.29 is 23.1 Å². The number of amides is 1. The van der Waals surface area contributed by atoms with Crippen LogP contribution in [0.4, 0.5) is 5.69 Å². The Bertz CT molecular complexity index is 1410. The number of carbonyl (C=O) groups is 1. The zero-order valence-corrected chi connectivity index (χ0v) is 25.6. The summed E-state index contributed by atoms with van der Waals surface area (Å²) in [5, 5.41) is 11.0. The first-order chi connectivity index (χ1) is 19.6. The van der Waals surface area contributed by atoms with Crippen molar-refractivity contribution in [1.82, 2.24) is 4.72 Å². The number of allylic oxidation sites excluding steroid dienone is 1. The van der Waals surface area contributed by atoms with Gasteiger partial charge in [-0.05, 0) is 91.8 Å². The van der Waals surface area contributed by atoms with Gasteiger partial charge in [-0.25, -0.2) is 13.1 Å². The Kier molecular flexibility index (Phi) is 9.02. The van der Waals surface area contributed by atoms with Crippen LogP contribution in [0.5, 0.6) is 5.75 Å². The fourth-order valence-corrected chi connectivity index (χ4v) is 7.80. The largest absolute Gasteiger partial charge is 0.491 e. The number of aliphatic hydroxyl groups excluding tert-OH is 1. The van der Waals surface area contributed by atoms with Gasteiger partial charge in [-0.1, -0.05) is 50.1 Å². The van der Waals surface area contributed by atoms with E-state index in [1.165, 1.54) is 11.1 Å². The summed E-state index contributed by atoms with van der Waals surface area (Å²) in [6.45, 7) is 7.53. The van der Waals surface area contributed by atoms with Gasteiger partial charge < -0.3 is 14.7 Å². The fourth-order valence-electron chi connectivity index (χ4n) is 6.47. The molecule has 5 rings (SSSR count). The molecule has 2 N–H and O–H groups in total. The number of hydrogen-bond acceptors (Lipinski definition) is 6. The van der Waals surface area contributed by atoms with Gasteiger partial charge in [0.1, 0.15) is 5.75 Å². The van der Waals surface area contributed by atoms with E-state index in [1.54, 1.807) is 25.1 Å². The maximum Gasteiger partial charge on any atom is 0.264 e. The van der Waals surface area contributed by atoms with Crippen molar-refractivity contribution in [2.45, 2.75) is 70.1 Å². The van der Waals surface area contributed by atoms with E-state index in [4.69, 9.17) is 16.3 Å². The topological polar surface area (TPSA) is 95.9 Å². The maximum atomic E-state index is 13.2. The number of rotatable bonds is 3. The van der Waals surface area contributed by atoms with E-state index >= 15 is 0 Å². The van der Waals surface area contributed by atoms with Crippen molar-refractivity contribution >= 4 is 33.2 Å². The summed E-state index contributed by atoms with van der Waals surface area (Å²) in [6.07, 6.45) is 7.36. The van der Waals surface area contributed by atoms with Crippen LogP contribution in [-0.4, -0.2) is 50.5 Å². The standard InChI is InChI=1S/C32H41ClN2O5S/c1-4-5-22-15-26(33)9-11-27(22)25-18-35-17-24-7-10-28(24)30(36)12-6-20(2)14-21(3)41(38,39)34-32(37)23-8-13-31(40-19-25)29(35)16-23/h6,8-9,11-13,15-16,20-21,24-25,28,30,36H,4-5,7,10,14,17-19H2,1-3H3,(H,34,37)/b12-6+/t20-,21-,24-,25-,28+,30-/m0/s1. The lowest BCUT2D eigenvalue weighted by Crippen LogP contribution is -2.44. The van der Waals surface area contributed by atoms with Gasteiger partial charge in [0.2, 0.25) is 10.0 Å². The molecular formula is C32H41ClN2O5S. The molecule has 0 unspecified atom stereocenters. The molecule has 1 fully saturated rings. The number of aliphatic hydroxyl groups is 1. The lowest BCUT2D eigenvalue weighted by Gasteiger charge is -2.42. The van der Waals surface area contributed by atoms with Crippen LogP contribution in [0.25, 0.3) is 0 Å². The Balaban J connectivity index is 1.54. The van der Waals surface area contributed by atoms with Crippen LogP contribution in [0.15, 0.2) is 48.6 Å². The summed E-state index contributed by atoms with van der Waals surface area (Å²) in [5.41, 5.74) is 3.46. The highest BCUT2D eigenvalue weighted by molar-refractivity contribution is 7.90. The molecule has 1 saturated carbocycles. The first-order valence-electron chi connectivity index (χ1n) is 14.8. The average molecular weight is 601 g/mol. The third kappa shape index (κ3) is 6.60. The number of fused-ring (bicyclic) bond motifs is 2. The number of ether oxygens (including phenoxy) is 1. The molecule has 1 amide bonds. The van der Waals surface area contributed by atoms with E-state index in [1.807, 2.05) is 31.2 Å². The molecule has 9 heteroatoms. The van der Waals surface area contributed by atoms with Crippen LogP contribution in [0.1, 0.15) is 73.9 Å². The van der Waals surface area contributed by atoms with Crippen molar-refractivity contribution in [3.8, 4) is 5.75 Å². The van der Waals surface area contributed by atoms with Gasteiger partial charge in [0.25, 0.3) is 5.91 Å². The lowest BCUT2D eigenvalue weighted by atomic mass is 9.70. The van der Waals surface area contributed by atoms with E-state index in [-0.39, 0.29) is 29.2 Å². The number of halogens is 1. The number of benzene rings is 2. The van der Waals surface area contributed by atoms with E-state index in [0.717, 1.165) is 31.4 Å². The molecule has 6 atom stereocenters. The van der Waals surface area contributed by atoms with Gasteiger partial charge in [0, 0.05) is 29.6 Å². The van der Waals surface area contributed by atoms with Crippen molar-refractivity contribution in [2.24, 2.45) is 17.8 Å². The fraction of sp³-hybridized carbons (Fsp3) is 0.531. The average Bonchev–Trinajstić information content (AvgIpc) is 3.08. The second-order valence-corrected chi connectivity index (χ2v) is 14.6. The Hall–Kier alpha value is -2.55. The smallest absolute Gasteiger partial charge is 0.264 e. The van der Waals surface area contributed by atoms with Gasteiger partial charge in [-0.15, -0.1) is 0 Å². The Morgan fingerprint density at radius 2 is 1.90 bits per heavy atom. The first kappa shape index (κ1) is 29.9. The molecule has 7 nitrogen and oxygen atoms in total. The van der Waals surface area contributed by atoms with Crippen LogP contribution in [0, 0.1) is 17.8 Å². The molecule has 0 saturated heterocycles. The predicted molar refractivity (Wildman–Crippen MR) is 163 cm³/mol. The number of anilines is 1. The summed E-state index contributed by atoms with van der Waals surface area (Å²) < 4.78 is 34.7. The van der Waals surface area contributed by atoms with Crippen molar-refractivity contribution in [2.75, 3.05) is 24.6 Å². The highest BCUT2D eigenvalue weighted by Crippen LogP contribution is 2.42. The number of sulfonamides is 1. The highest BCUT2D eigenvalue weighted by Gasteiger charge is 2.38. The zero-order chi connectivity index (χ0) is 29.3. The number of hydrogen-bond donors (Lipinski definition) is 2. The third-order valence-corrected chi connectivity index (χ3v) is 10.9. The molecule has 2 aliphatic heterocycles. The van der Waals surface area contributed by atoms with Crippen LogP contribution in [0.2, 0.25) is 5.02 Å². The predicted octanol–water partition coefficient (Wildman–Crippen LogP) is 5.71. The second kappa shape index (κ2) is 12.4. The Morgan fingerprint density at radius 3 is 2.63 bits per heavy atom. The number of aryl methyl sites for hydroxylation is 1. The van der Waals surface area contributed by atoms with E-state index in [2.05, 4.69) is 22.6 Å². The minimum absolute atomic E-state index is 0.0644. The molecule has 2 bridgehead atoms. The molecule has 2 aromatic carbocycles. The SMILES string of the molecule is CCCc1cc(Cl)ccc1[C@@H]1COc2ccc3cc2N(C1)C[C@@H]1CC[C@H]1[C@@H](O)/C=C/[C@H](C)C[C@H](C)S(=O)(=O)NC3=O. The summed E-state index contributed by atoms with van der Waals surface area (Å²) in [4.78, 5) is 15.5. The van der Waals surface area contributed by atoms with Crippen molar-refractivity contribution in [3.63, 3.8) is 0 Å². The summed E-state index contributed by atoms with van der Waals surface area (Å²) >= 11 is 6.37. The molecule has 2 heterocycles. The molecule has 1 aliphatic carbocycles. The van der Waals surface area contributed by atoms with Crippen LogP contribution < -0.4 is 14.4 Å². The van der Waals surface area contributed by atoms with Gasteiger partial charge in [0.05, 0.1) is 23.6 Å². The maximum absolute atomic E-state index is 13.2. The molecule has 2 aromatic rings. The van der Waals surface area contributed by atoms with Gasteiger partial charge in [-0.3, -0.25) is 4.79 Å². The van der Waals surface area contributed by atoms with E-state index in [0.29, 0.717) is 36.9 Å². The van der Waals surface area contributed by atoms with E-state index in [9.17, 15) is 18.3 Å². The Labute approximate surface area is 249 Å². The zero-order valence-electron chi connectivity index (χ0n) is 24.1. The third-order valence-electron chi connectivity index (χ3n) is 8.98. The lowest BCUT2D eigenvalue weighted by molar-refractivity contribution is 0.0459. The molecule has 222 valence electrons. The number of nitrogens with zero attached hydrogens (tertiary/aromatic N) is 1. The van der Waals surface area contributed by atoms with Crippen molar-refractivity contribution in [1.29, 1.82) is 0 Å². The van der Waals surface area contributed by atoms with Crippen LogP contribution in [0.3, 0.4) is 0 Å². The van der Waals surface area contributed by atoms with Gasteiger partial charge in [-0.2, -0.15) is 0 Å². The van der Waals surface area contributed by atoms with Crippen LogP contribution in [-0.2, 0) is 16.4 Å². The molecule has 41 heavy (non-hydrogen) atoms. The number of nitrogens with one attached hydrogen (secondary N) is 1. The Morgan fingerprint density at radius 1 is 1.10 bits per heavy atom. The summed E-state index contributed by atoms with van der Waals surface area (Å²) in [7, 11) is -3.89. The quantitative estimate of drug-likeness (QED) is 0.439. The highest BCUT2D eigenvalue weighted by atomic mass is 35.5.